The maximum Gasteiger partial charge on any atom is 0.248 e. The quantitative estimate of drug-likeness (QED) is 0.566. The molecule has 1 aromatic heterocycles. The van der Waals surface area contributed by atoms with Gasteiger partial charge in [0.15, 0.2) is 5.78 Å². The van der Waals surface area contributed by atoms with Crippen LogP contribution in [0.5, 0.6) is 0 Å². The first kappa shape index (κ1) is 19.7. The van der Waals surface area contributed by atoms with Crippen molar-refractivity contribution < 1.29 is 14.4 Å². The summed E-state index contributed by atoms with van der Waals surface area (Å²) in [6.07, 6.45) is 2.13. The van der Waals surface area contributed by atoms with Crippen LogP contribution in [-0.2, 0) is 27.4 Å². The van der Waals surface area contributed by atoms with Gasteiger partial charge in [-0.3, -0.25) is 19.3 Å². The lowest BCUT2D eigenvalue weighted by atomic mass is 10.1. The Morgan fingerprint density at radius 3 is 2.69 bits per heavy atom. The lowest BCUT2D eigenvalue weighted by molar-refractivity contribution is -0.126. The topological polar surface area (TPSA) is 115 Å². The van der Waals surface area contributed by atoms with Crippen molar-refractivity contribution in [1.29, 1.82) is 0 Å². The fourth-order valence-electron chi connectivity index (χ4n) is 2.28. The summed E-state index contributed by atoms with van der Waals surface area (Å²) in [5, 5.41) is 10.7. The monoisotopic (exact) mass is 360 g/mol. The number of carbonyl (C=O) groups excluding carboxylic acids is 2. The molecule has 0 bridgehead atoms. The van der Waals surface area contributed by atoms with Crippen LogP contribution in [0.3, 0.4) is 0 Å². The van der Waals surface area contributed by atoms with Gasteiger partial charge in [-0.25, -0.2) is 10.6 Å². The number of nitrogens with two attached hydrogens (primary N) is 1. The third kappa shape index (κ3) is 6.03. The van der Waals surface area contributed by atoms with Crippen molar-refractivity contribution >= 4 is 11.7 Å². The van der Waals surface area contributed by atoms with Crippen molar-refractivity contribution in [2.45, 2.75) is 19.9 Å². The highest BCUT2D eigenvalue weighted by Crippen LogP contribution is 2.10. The van der Waals surface area contributed by atoms with Gasteiger partial charge in [-0.2, -0.15) is 0 Å². The predicted octanol–water partition coefficient (Wildman–Crippen LogP) is -0.163. The minimum absolute atomic E-state index is 0.183. The van der Waals surface area contributed by atoms with Crippen molar-refractivity contribution in [3.63, 3.8) is 0 Å². The lowest BCUT2D eigenvalue weighted by Crippen LogP contribution is -2.28. The molecule has 0 atom stereocenters. The average Bonchev–Trinajstić information content (AvgIpc) is 3.09. The summed E-state index contributed by atoms with van der Waals surface area (Å²) in [6.45, 7) is 3.35. The second kappa shape index (κ2) is 9.76. The molecule has 2 rings (SSSR count). The fourth-order valence-corrected chi connectivity index (χ4v) is 2.28. The summed E-state index contributed by atoms with van der Waals surface area (Å²) in [4.78, 5) is 29.5. The molecular formula is C17H24N6O3. The Hall–Kier alpha value is -2.62. The first-order valence-corrected chi connectivity index (χ1v) is 8.31. The maximum absolute atomic E-state index is 12.0. The number of likely N-dealkylation sites (N-methyl/N-ethyl adjacent to an activating group) is 1. The van der Waals surface area contributed by atoms with Gasteiger partial charge in [0.25, 0.3) is 0 Å². The van der Waals surface area contributed by atoms with E-state index in [0.29, 0.717) is 18.7 Å². The third-order valence-corrected chi connectivity index (χ3v) is 3.81. The van der Waals surface area contributed by atoms with Gasteiger partial charge in [0.1, 0.15) is 12.3 Å². The SMILES string of the molecule is CCN(C)CC(=O)Cc1ccc(-n2cc(CNC(=O)CON)nn2)cc1. The molecule has 9 nitrogen and oxygen atoms in total. The van der Waals surface area contributed by atoms with Crippen LogP contribution in [0.2, 0.25) is 0 Å². The standard InChI is InChI=1S/C17H24N6O3/c1-3-22(2)11-16(24)8-13-4-6-15(7-5-13)23-10-14(20-21-23)9-19-17(25)12-26-18/h4-7,10H,3,8-9,11-12,18H2,1-2H3,(H,19,25). The summed E-state index contributed by atoms with van der Waals surface area (Å²) in [7, 11) is 1.93. The first-order valence-electron chi connectivity index (χ1n) is 8.31. The largest absolute Gasteiger partial charge is 0.348 e. The molecule has 1 aromatic carbocycles. The number of hydrogen-bond acceptors (Lipinski definition) is 7. The minimum Gasteiger partial charge on any atom is -0.348 e. The van der Waals surface area contributed by atoms with E-state index >= 15 is 0 Å². The number of rotatable bonds is 10. The number of carbonyl (C=O) groups is 2. The van der Waals surface area contributed by atoms with Gasteiger partial charge in [0, 0.05) is 6.42 Å². The number of ketones is 1. The van der Waals surface area contributed by atoms with Crippen molar-refractivity contribution in [3.05, 3.63) is 41.7 Å². The van der Waals surface area contributed by atoms with E-state index in [2.05, 4.69) is 20.5 Å². The zero-order valence-electron chi connectivity index (χ0n) is 15.0. The van der Waals surface area contributed by atoms with E-state index in [9.17, 15) is 9.59 Å². The second-order valence-electron chi connectivity index (χ2n) is 5.95. The number of amides is 1. The summed E-state index contributed by atoms with van der Waals surface area (Å²) >= 11 is 0. The molecule has 0 spiro atoms. The maximum atomic E-state index is 12.0. The van der Waals surface area contributed by atoms with E-state index < -0.39 is 0 Å². The Bertz CT molecular complexity index is 728. The highest BCUT2D eigenvalue weighted by molar-refractivity contribution is 5.82. The minimum atomic E-state index is -0.329. The molecule has 2 aromatic rings. The normalized spacial score (nSPS) is 10.9. The van der Waals surface area contributed by atoms with Crippen LogP contribution in [-0.4, -0.2) is 58.3 Å². The van der Waals surface area contributed by atoms with Crippen molar-refractivity contribution in [2.24, 2.45) is 5.90 Å². The van der Waals surface area contributed by atoms with E-state index in [0.717, 1.165) is 17.8 Å². The molecule has 1 heterocycles. The molecule has 0 unspecified atom stereocenters. The van der Waals surface area contributed by atoms with Gasteiger partial charge in [-0.1, -0.05) is 24.3 Å². The highest BCUT2D eigenvalue weighted by Gasteiger charge is 2.08. The summed E-state index contributed by atoms with van der Waals surface area (Å²) in [6, 6.07) is 7.57. The third-order valence-electron chi connectivity index (χ3n) is 3.81. The lowest BCUT2D eigenvalue weighted by Gasteiger charge is -2.12. The Balaban J connectivity index is 1.92. The second-order valence-corrected chi connectivity index (χ2v) is 5.95. The molecule has 0 radical (unpaired) electrons. The van der Waals surface area contributed by atoms with Gasteiger partial charge < -0.3 is 5.32 Å². The van der Waals surface area contributed by atoms with E-state index in [1.165, 1.54) is 0 Å². The summed E-state index contributed by atoms with van der Waals surface area (Å²) in [5.74, 6) is 4.69. The van der Waals surface area contributed by atoms with Crippen molar-refractivity contribution in [2.75, 3.05) is 26.7 Å². The molecule has 3 N–H and O–H groups in total. The van der Waals surface area contributed by atoms with Gasteiger partial charge >= 0.3 is 0 Å². The summed E-state index contributed by atoms with van der Waals surface area (Å²) in [5.41, 5.74) is 2.39. The number of benzene rings is 1. The molecule has 0 fully saturated rings. The Morgan fingerprint density at radius 1 is 1.31 bits per heavy atom. The molecule has 0 aliphatic rings. The van der Waals surface area contributed by atoms with Crippen LogP contribution in [0.15, 0.2) is 30.5 Å². The van der Waals surface area contributed by atoms with E-state index in [4.69, 9.17) is 5.90 Å². The number of nitrogens with one attached hydrogen (secondary N) is 1. The Kier molecular flexibility index (Phi) is 7.39. The average molecular weight is 360 g/mol. The summed E-state index contributed by atoms with van der Waals surface area (Å²) < 4.78 is 1.61. The van der Waals surface area contributed by atoms with Gasteiger partial charge in [0.05, 0.1) is 25.0 Å². The van der Waals surface area contributed by atoms with E-state index in [1.807, 2.05) is 43.1 Å². The zero-order chi connectivity index (χ0) is 18.9. The van der Waals surface area contributed by atoms with Crippen LogP contribution in [0, 0.1) is 0 Å². The molecule has 0 saturated carbocycles. The number of nitrogens with zero attached hydrogens (tertiary/aromatic N) is 4. The number of hydrogen-bond donors (Lipinski definition) is 2. The van der Waals surface area contributed by atoms with E-state index in [1.54, 1.807) is 10.9 Å². The van der Waals surface area contributed by atoms with Crippen LogP contribution in [0.25, 0.3) is 5.69 Å². The fraction of sp³-hybridized carbons (Fsp3) is 0.412. The Morgan fingerprint density at radius 2 is 2.04 bits per heavy atom. The predicted molar refractivity (Wildman–Crippen MR) is 95.2 cm³/mol. The van der Waals surface area contributed by atoms with Gasteiger partial charge in [-0.05, 0) is 31.3 Å². The molecule has 26 heavy (non-hydrogen) atoms. The highest BCUT2D eigenvalue weighted by atomic mass is 16.6. The molecule has 9 heteroatoms. The molecule has 1 amide bonds. The van der Waals surface area contributed by atoms with Crippen molar-refractivity contribution in [3.8, 4) is 5.69 Å². The molecule has 140 valence electrons. The molecule has 0 saturated heterocycles. The van der Waals surface area contributed by atoms with E-state index in [-0.39, 0.29) is 24.8 Å². The molecule has 0 aliphatic heterocycles. The Labute approximate surface area is 152 Å². The smallest absolute Gasteiger partial charge is 0.248 e. The molecular weight excluding hydrogens is 336 g/mol. The van der Waals surface area contributed by atoms with Crippen LogP contribution >= 0.6 is 0 Å². The van der Waals surface area contributed by atoms with Gasteiger partial charge in [-0.15, -0.1) is 5.10 Å². The van der Waals surface area contributed by atoms with Gasteiger partial charge in [0.2, 0.25) is 5.91 Å². The molecule has 0 aliphatic carbocycles. The van der Waals surface area contributed by atoms with Crippen LogP contribution in [0.1, 0.15) is 18.2 Å². The first-order chi connectivity index (χ1) is 12.5. The van der Waals surface area contributed by atoms with Crippen LogP contribution in [0.4, 0.5) is 0 Å². The number of Topliss-reactive ketones (excluding diaryl/α,β-unsaturated/α-hetero) is 1. The van der Waals surface area contributed by atoms with Crippen LogP contribution < -0.4 is 11.2 Å². The van der Waals surface area contributed by atoms with Crippen molar-refractivity contribution in [1.82, 2.24) is 25.2 Å². The zero-order valence-corrected chi connectivity index (χ0v) is 15.0. The number of aromatic nitrogens is 3.